The molecule has 63 heavy (non-hydrogen) atoms. The van der Waals surface area contributed by atoms with Crippen LogP contribution in [0.4, 0.5) is 10.6 Å². The summed E-state index contributed by atoms with van der Waals surface area (Å²) in [5.74, 6) is 4.58. The predicted molar refractivity (Wildman–Crippen MR) is 268 cm³/mol. The van der Waals surface area contributed by atoms with Gasteiger partial charge in [-0.1, -0.05) is 67.1 Å². The monoisotopic (exact) mass is 941 g/mol. The Labute approximate surface area is 384 Å². The van der Waals surface area contributed by atoms with Crippen molar-refractivity contribution in [1.29, 1.82) is 0 Å². The molecular weight excluding hydrogens is 879 g/mol. The Balaban J connectivity index is 1.32. The summed E-state index contributed by atoms with van der Waals surface area (Å²) >= 11 is 3.29. The third kappa shape index (κ3) is 8.62. The molecule has 5 aromatic heterocycles. The number of hydrogen-bond donors (Lipinski definition) is 0. The number of thiophene rings is 2. The van der Waals surface area contributed by atoms with Crippen molar-refractivity contribution < 1.29 is 18.5 Å². The van der Waals surface area contributed by atoms with Crippen LogP contribution in [0, 0.1) is 11.5 Å². The second kappa shape index (κ2) is 17.2. The molecule has 336 valence electrons. The molecular formula is C47H63N7O4S3Si2. The van der Waals surface area contributed by atoms with Crippen LogP contribution in [0.2, 0.25) is 42.3 Å². The third-order valence-electron chi connectivity index (χ3n) is 13.1. The fourth-order valence-electron chi connectivity index (χ4n) is 10.1. The molecule has 3 atom stereocenters. The molecule has 2 fully saturated rings. The van der Waals surface area contributed by atoms with Crippen molar-refractivity contribution in [2.24, 2.45) is 0 Å². The highest BCUT2D eigenvalue weighted by atomic mass is 32.2. The summed E-state index contributed by atoms with van der Waals surface area (Å²) in [5.41, 5.74) is 8.79. The fourth-order valence-corrected chi connectivity index (χ4v) is 18.7. The Kier molecular flexibility index (Phi) is 12.5. The number of amides is 1. The first-order chi connectivity index (χ1) is 29.7. The normalized spacial score (nSPS) is 17.9. The van der Waals surface area contributed by atoms with E-state index in [1.54, 1.807) is 28.9 Å². The molecule has 11 nitrogen and oxygen atoms in total. The summed E-state index contributed by atoms with van der Waals surface area (Å²) in [4.78, 5) is 33.7. The maximum atomic E-state index is 13.4. The summed E-state index contributed by atoms with van der Waals surface area (Å²) in [5, 5.41) is 11.5. The summed E-state index contributed by atoms with van der Waals surface area (Å²) < 4.78 is 29.4. The number of anilines is 1. The van der Waals surface area contributed by atoms with E-state index < -0.39 is 32.5 Å². The molecule has 1 unspecified atom stereocenters. The Morgan fingerprint density at radius 1 is 1.00 bits per heavy atom. The fraction of sp³-hybridized carbons (Fsp3) is 0.553. The van der Waals surface area contributed by atoms with Crippen LogP contribution in [0.15, 0.2) is 35.1 Å². The van der Waals surface area contributed by atoms with Gasteiger partial charge in [-0.05, 0) is 68.4 Å². The lowest BCUT2D eigenvalue weighted by molar-refractivity contribution is 0.0123. The second-order valence-corrected chi connectivity index (χ2v) is 35.0. The zero-order valence-electron chi connectivity index (χ0n) is 39.2. The molecule has 0 radical (unpaired) electrons. The molecule has 0 saturated carbocycles. The van der Waals surface area contributed by atoms with Crippen LogP contribution in [-0.4, -0.2) is 99.7 Å². The minimum Gasteiger partial charge on any atom is -0.444 e. The van der Waals surface area contributed by atoms with Crippen molar-refractivity contribution in [3.05, 3.63) is 35.5 Å². The Bertz CT molecular complexity index is 2770. The zero-order chi connectivity index (χ0) is 45.3. The van der Waals surface area contributed by atoms with Gasteiger partial charge in [-0.3, -0.25) is 14.1 Å². The molecule has 7 heterocycles. The summed E-state index contributed by atoms with van der Waals surface area (Å²) in [6.45, 7) is 29.2. The van der Waals surface area contributed by atoms with Gasteiger partial charge >= 0.3 is 6.09 Å². The van der Waals surface area contributed by atoms with E-state index in [1.165, 1.54) is 0 Å². The van der Waals surface area contributed by atoms with Crippen molar-refractivity contribution in [3.63, 3.8) is 0 Å². The Morgan fingerprint density at radius 2 is 1.68 bits per heavy atom. The number of benzene rings is 1. The lowest BCUT2D eigenvalue weighted by atomic mass is 9.98. The first-order valence-corrected chi connectivity index (χ1v) is 31.6. The number of fused-ring (bicyclic) bond motifs is 7. The van der Waals surface area contributed by atoms with Crippen LogP contribution in [0.1, 0.15) is 80.7 Å². The highest BCUT2D eigenvalue weighted by molar-refractivity contribution is 7.84. The molecule has 2 aliphatic heterocycles. The SMILES string of the molecule is CC(C)[Si](C#Cc1csc2cc3c(cnn3COCC[Si](C)(C)C)c(-c3nccc4c3sc3nc(S(C)=O)nc(N5C[C@H]6CC[C@@H](C5)N6C(=O)OC(C)(C)C)c34)c12)(C(C)C)C(C)C. The molecule has 8 rings (SSSR count). The number of aromatic nitrogens is 5. The number of hydrogen-bond acceptors (Lipinski definition) is 11. The maximum absolute atomic E-state index is 13.4. The average molecular weight is 942 g/mol. The lowest BCUT2D eigenvalue weighted by Crippen LogP contribution is -2.57. The number of carbonyl (C=O) groups excluding carboxylic acids is 1. The van der Waals surface area contributed by atoms with Crippen LogP contribution in [0.25, 0.3) is 52.5 Å². The number of nitrogens with zero attached hydrogens (tertiary/aromatic N) is 7. The van der Waals surface area contributed by atoms with Gasteiger partial charge in [0.05, 0.1) is 50.4 Å². The van der Waals surface area contributed by atoms with Gasteiger partial charge in [0.25, 0.3) is 0 Å². The highest BCUT2D eigenvalue weighted by Crippen LogP contribution is 2.48. The highest BCUT2D eigenvalue weighted by Gasteiger charge is 2.45. The molecule has 2 aliphatic rings. The molecule has 2 bridgehead atoms. The number of ether oxygens (including phenoxy) is 2. The van der Waals surface area contributed by atoms with Gasteiger partial charge in [-0.2, -0.15) is 5.10 Å². The van der Waals surface area contributed by atoms with Crippen LogP contribution >= 0.6 is 22.7 Å². The van der Waals surface area contributed by atoms with E-state index in [9.17, 15) is 9.00 Å². The van der Waals surface area contributed by atoms with Crippen molar-refractivity contribution in [1.82, 2.24) is 29.6 Å². The van der Waals surface area contributed by atoms with Gasteiger partial charge in [-0.25, -0.2) is 19.4 Å². The molecule has 0 spiro atoms. The molecule has 1 aromatic carbocycles. The molecule has 0 aliphatic carbocycles. The zero-order valence-corrected chi connectivity index (χ0v) is 43.7. The van der Waals surface area contributed by atoms with Crippen molar-refractivity contribution >= 4 is 103 Å². The average Bonchev–Trinajstić information content (AvgIpc) is 3.96. The molecule has 0 N–H and O–H groups in total. The van der Waals surface area contributed by atoms with Crippen molar-refractivity contribution in [3.8, 4) is 22.7 Å². The summed E-state index contributed by atoms with van der Waals surface area (Å²) in [6, 6.07) is 5.35. The van der Waals surface area contributed by atoms with Gasteiger partial charge in [0.2, 0.25) is 5.16 Å². The van der Waals surface area contributed by atoms with E-state index in [2.05, 4.69) is 95.1 Å². The standard InChI is InChI=1S/C47H63N7O4S3Si2/c1-28(2)63(29(3)4,30(5)6)20-17-31-26-59-37-22-36-35(23-49-53(36)27-57-19-21-62(11,12)13)39(38(31)37)41-42-34(16-18-48-41)40-43(50-45(61(10)56)51-44(40)60-42)52-24-32-14-15-33(25-52)54(32)46(55)58-47(7,8)9/h16,18,22-23,26,28-30,32-33H,14-15,19,21,24-25,27H2,1-13H3/t32-,33+,61?. The molecule has 1 amide bonds. The smallest absolute Gasteiger partial charge is 0.410 e. The predicted octanol–water partition coefficient (Wildman–Crippen LogP) is 11.7. The largest absolute Gasteiger partial charge is 0.444 e. The van der Waals surface area contributed by atoms with E-state index in [0.717, 1.165) is 82.8 Å². The summed E-state index contributed by atoms with van der Waals surface area (Å²) in [6.07, 6.45) is 7.00. The van der Waals surface area contributed by atoms with E-state index in [4.69, 9.17) is 29.5 Å². The quantitative estimate of drug-likeness (QED) is 0.0542. The number of carbonyl (C=O) groups is 1. The Hall–Kier alpha value is -3.73. The van der Waals surface area contributed by atoms with Crippen LogP contribution in [-0.2, 0) is 27.0 Å². The van der Waals surface area contributed by atoms with E-state index in [-0.39, 0.29) is 18.2 Å². The van der Waals surface area contributed by atoms with E-state index >= 15 is 0 Å². The Morgan fingerprint density at radius 3 is 2.30 bits per heavy atom. The van der Waals surface area contributed by atoms with Crippen LogP contribution in [0.5, 0.6) is 0 Å². The number of rotatable bonds is 11. The van der Waals surface area contributed by atoms with Crippen molar-refractivity contribution in [2.45, 2.75) is 147 Å². The lowest BCUT2D eigenvalue weighted by Gasteiger charge is -2.42. The third-order valence-corrected chi connectivity index (χ3v) is 23.8. The first-order valence-electron chi connectivity index (χ1n) is 22.4. The maximum Gasteiger partial charge on any atom is 0.410 e. The van der Waals surface area contributed by atoms with Gasteiger partial charge in [0.1, 0.15) is 31.1 Å². The van der Waals surface area contributed by atoms with Gasteiger partial charge in [0.15, 0.2) is 0 Å². The van der Waals surface area contributed by atoms with Crippen molar-refractivity contribution in [2.75, 3.05) is 30.9 Å². The minimum absolute atomic E-state index is 0.0229. The van der Waals surface area contributed by atoms with E-state index in [0.29, 0.717) is 48.2 Å². The van der Waals surface area contributed by atoms with Gasteiger partial charge in [-0.15, -0.1) is 28.2 Å². The van der Waals surface area contributed by atoms with Crippen LogP contribution in [0.3, 0.4) is 0 Å². The van der Waals surface area contributed by atoms with E-state index in [1.807, 2.05) is 42.7 Å². The number of pyridine rings is 1. The topological polar surface area (TPSA) is 116 Å². The van der Waals surface area contributed by atoms with Crippen LogP contribution < -0.4 is 4.90 Å². The van der Waals surface area contributed by atoms with Gasteiger partial charge < -0.3 is 14.4 Å². The molecule has 16 heteroatoms. The first kappa shape index (κ1) is 45.8. The summed E-state index contributed by atoms with van der Waals surface area (Å²) in [7, 11) is -4.75. The number of piperazine rings is 1. The minimum atomic E-state index is -2.05. The second-order valence-electron chi connectivity index (χ2n) is 20.6. The van der Waals surface area contributed by atoms with Gasteiger partial charge in [0, 0.05) is 77.6 Å². The molecule has 6 aromatic rings. The molecule has 2 saturated heterocycles.